The molecule has 0 spiro atoms. The zero-order valence-corrected chi connectivity index (χ0v) is 13.2. The summed E-state index contributed by atoms with van der Waals surface area (Å²) >= 11 is 0. The van der Waals surface area contributed by atoms with Crippen LogP contribution in [0.25, 0.3) is 0 Å². The Hall–Kier alpha value is -0.790. The molecule has 0 amide bonds. The fourth-order valence-electron chi connectivity index (χ4n) is 1.99. The molecule has 0 aromatic rings. The molecule has 0 radical (unpaired) electrons. The minimum Gasteiger partial charge on any atom is -0.462 e. The number of rotatable bonds is 12. The quantitative estimate of drug-likeness (QED) is 0.268. The predicted octanol–water partition coefficient (Wildman–Crippen LogP) is 5.42. The molecule has 0 saturated heterocycles. The first-order valence-electron chi connectivity index (χ1n) is 8.02. The molecule has 0 aliphatic carbocycles. The zero-order chi connectivity index (χ0) is 14.3. The topological polar surface area (TPSA) is 26.3 Å². The molecule has 0 aliphatic rings. The second kappa shape index (κ2) is 13.6. The Bertz CT molecular complexity index is 244. The Balaban J connectivity index is 3.17. The van der Waals surface area contributed by atoms with Crippen molar-refractivity contribution in [1.82, 2.24) is 0 Å². The normalized spacial score (nSPS) is 11.6. The molecule has 0 saturated carbocycles. The van der Waals surface area contributed by atoms with Gasteiger partial charge in [0, 0.05) is 5.57 Å². The smallest absolute Gasteiger partial charge is 0.333 e. The van der Waals surface area contributed by atoms with Crippen molar-refractivity contribution in [1.29, 1.82) is 0 Å². The second-order valence-electron chi connectivity index (χ2n) is 5.29. The lowest BCUT2D eigenvalue weighted by Gasteiger charge is -2.05. The summed E-state index contributed by atoms with van der Waals surface area (Å²) in [5, 5.41) is 0. The first-order chi connectivity index (χ1) is 9.22. The van der Waals surface area contributed by atoms with Crippen LogP contribution in [0.2, 0.25) is 0 Å². The van der Waals surface area contributed by atoms with Crippen LogP contribution in [-0.4, -0.2) is 12.6 Å². The van der Waals surface area contributed by atoms with Gasteiger partial charge in [-0.1, -0.05) is 70.8 Å². The number of carbonyl (C=O) groups excluding carboxylic acids is 1. The molecule has 0 fully saturated rings. The predicted molar refractivity (Wildman–Crippen MR) is 82.2 cm³/mol. The monoisotopic (exact) mass is 268 g/mol. The van der Waals surface area contributed by atoms with E-state index in [0.29, 0.717) is 12.2 Å². The highest BCUT2D eigenvalue weighted by atomic mass is 16.5. The van der Waals surface area contributed by atoms with Gasteiger partial charge in [0.2, 0.25) is 0 Å². The Morgan fingerprint density at radius 3 is 1.84 bits per heavy atom. The molecule has 2 heteroatoms. The maximum atomic E-state index is 11.3. The fraction of sp³-hybridized carbons (Fsp3) is 0.824. The summed E-state index contributed by atoms with van der Waals surface area (Å²) in [5.74, 6) is -0.168. The van der Waals surface area contributed by atoms with E-state index in [1.807, 2.05) is 6.92 Å². The Morgan fingerprint density at radius 1 is 0.895 bits per heavy atom. The van der Waals surface area contributed by atoms with Crippen LogP contribution in [-0.2, 0) is 9.53 Å². The molecule has 0 bridgehead atoms. The number of esters is 1. The first-order valence-corrected chi connectivity index (χ1v) is 8.02. The van der Waals surface area contributed by atoms with Crippen LogP contribution in [0.3, 0.4) is 0 Å². The molecule has 0 aromatic carbocycles. The van der Waals surface area contributed by atoms with Crippen LogP contribution in [0.1, 0.15) is 85.0 Å². The lowest BCUT2D eigenvalue weighted by Crippen LogP contribution is -2.06. The maximum absolute atomic E-state index is 11.3. The van der Waals surface area contributed by atoms with Crippen molar-refractivity contribution in [3.8, 4) is 0 Å². The van der Waals surface area contributed by atoms with Gasteiger partial charge in [-0.3, -0.25) is 0 Å². The van der Waals surface area contributed by atoms with Gasteiger partial charge >= 0.3 is 5.97 Å². The standard InChI is InChI=1S/C17H32O2/c1-4-6-7-8-9-10-11-12-13-14-15-19-17(18)16(3)5-2/h5H,4,6-15H2,1-3H3/b16-5-. The molecular weight excluding hydrogens is 236 g/mol. The van der Waals surface area contributed by atoms with Gasteiger partial charge in [-0.25, -0.2) is 4.79 Å². The molecule has 0 N–H and O–H groups in total. The van der Waals surface area contributed by atoms with Crippen LogP contribution < -0.4 is 0 Å². The number of hydrogen-bond donors (Lipinski definition) is 0. The second-order valence-corrected chi connectivity index (χ2v) is 5.29. The van der Waals surface area contributed by atoms with E-state index < -0.39 is 0 Å². The van der Waals surface area contributed by atoms with Gasteiger partial charge in [-0.05, 0) is 20.3 Å². The summed E-state index contributed by atoms with van der Waals surface area (Å²) in [5.41, 5.74) is 0.701. The average Bonchev–Trinajstić information content (AvgIpc) is 2.43. The van der Waals surface area contributed by atoms with Gasteiger partial charge in [-0.15, -0.1) is 0 Å². The molecule has 0 rings (SSSR count). The van der Waals surface area contributed by atoms with Crippen LogP contribution in [0.5, 0.6) is 0 Å². The summed E-state index contributed by atoms with van der Waals surface area (Å²) in [6.45, 7) is 6.48. The third kappa shape index (κ3) is 12.0. The summed E-state index contributed by atoms with van der Waals surface area (Å²) in [7, 11) is 0. The SMILES string of the molecule is C/C=C(/C)C(=O)OCCCCCCCCCCCC. The average molecular weight is 268 g/mol. The van der Waals surface area contributed by atoms with Crippen LogP contribution in [0.15, 0.2) is 11.6 Å². The Labute approximate surface area is 119 Å². The van der Waals surface area contributed by atoms with E-state index in [9.17, 15) is 4.79 Å². The van der Waals surface area contributed by atoms with Gasteiger partial charge in [0.15, 0.2) is 0 Å². The van der Waals surface area contributed by atoms with Gasteiger partial charge in [0.25, 0.3) is 0 Å². The van der Waals surface area contributed by atoms with Gasteiger partial charge in [0.1, 0.15) is 0 Å². The van der Waals surface area contributed by atoms with E-state index in [1.54, 1.807) is 13.0 Å². The van der Waals surface area contributed by atoms with E-state index >= 15 is 0 Å². The molecule has 0 aliphatic heterocycles. The molecule has 0 aromatic heterocycles. The molecule has 2 nitrogen and oxygen atoms in total. The summed E-state index contributed by atoms with van der Waals surface area (Å²) < 4.78 is 5.16. The van der Waals surface area contributed by atoms with Crippen molar-refractivity contribution in [2.24, 2.45) is 0 Å². The summed E-state index contributed by atoms with van der Waals surface area (Å²) in [6, 6.07) is 0. The van der Waals surface area contributed by atoms with Crippen LogP contribution in [0.4, 0.5) is 0 Å². The van der Waals surface area contributed by atoms with Crippen molar-refractivity contribution < 1.29 is 9.53 Å². The number of unbranched alkanes of at least 4 members (excludes halogenated alkanes) is 9. The lowest BCUT2D eigenvalue weighted by molar-refractivity contribution is -0.139. The van der Waals surface area contributed by atoms with Crippen molar-refractivity contribution in [2.45, 2.75) is 85.0 Å². The van der Waals surface area contributed by atoms with E-state index in [4.69, 9.17) is 4.74 Å². The summed E-state index contributed by atoms with van der Waals surface area (Å²) in [4.78, 5) is 11.3. The van der Waals surface area contributed by atoms with Crippen molar-refractivity contribution >= 4 is 5.97 Å². The lowest BCUT2D eigenvalue weighted by atomic mass is 10.1. The molecule has 19 heavy (non-hydrogen) atoms. The third-order valence-electron chi connectivity index (χ3n) is 3.49. The Morgan fingerprint density at radius 2 is 1.37 bits per heavy atom. The van der Waals surface area contributed by atoms with Gasteiger partial charge in [0.05, 0.1) is 6.61 Å². The highest BCUT2D eigenvalue weighted by Crippen LogP contribution is 2.10. The highest BCUT2D eigenvalue weighted by molar-refractivity contribution is 5.87. The maximum Gasteiger partial charge on any atom is 0.333 e. The first kappa shape index (κ1) is 18.2. The fourth-order valence-corrected chi connectivity index (χ4v) is 1.99. The van der Waals surface area contributed by atoms with Gasteiger partial charge in [-0.2, -0.15) is 0 Å². The van der Waals surface area contributed by atoms with Crippen molar-refractivity contribution in [3.63, 3.8) is 0 Å². The van der Waals surface area contributed by atoms with E-state index in [-0.39, 0.29) is 5.97 Å². The Kier molecular flexibility index (Phi) is 13.1. The van der Waals surface area contributed by atoms with Crippen molar-refractivity contribution in [2.75, 3.05) is 6.61 Å². The highest BCUT2D eigenvalue weighted by Gasteiger charge is 2.03. The van der Waals surface area contributed by atoms with Gasteiger partial charge < -0.3 is 4.74 Å². The van der Waals surface area contributed by atoms with E-state index in [1.165, 1.54) is 57.8 Å². The minimum absolute atomic E-state index is 0.168. The molecule has 112 valence electrons. The molecule has 0 atom stereocenters. The van der Waals surface area contributed by atoms with Crippen molar-refractivity contribution in [3.05, 3.63) is 11.6 Å². The van der Waals surface area contributed by atoms with E-state index in [2.05, 4.69) is 6.92 Å². The largest absolute Gasteiger partial charge is 0.462 e. The number of ether oxygens (including phenoxy) is 1. The van der Waals surface area contributed by atoms with E-state index in [0.717, 1.165) is 6.42 Å². The molecule has 0 unspecified atom stereocenters. The minimum atomic E-state index is -0.168. The number of hydrogen-bond acceptors (Lipinski definition) is 2. The summed E-state index contributed by atoms with van der Waals surface area (Å²) in [6.07, 6.45) is 14.8. The zero-order valence-electron chi connectivity index (χ0n) is 13.2. The van der Waals surface area contributed by atoms with Crippen LogP contribution in [0, 0.1) is 0 Å². The number of carbonyl (C=O) groups is 1. The number of allylic oxidation sites excluding steroid dienone is 1. The molecule has 0 heterocycles. The molecular formula is C17H32O2. The third-order valence-corrected chi connectivity index (χ3v) is 3.49. The van der Waals surface area contributed by atoms with Crippen LogP contribution >= 0.6 is 0 Å².